The first-order valence-corrected chi connectivity index (χ1v) is 4.50. The monoisotopic (exact) mass is 271 g/mol. The maximum atomic E-state index is 13.3. The van der Waals surface area contributed by atoms with Crippen LogP contribution in [0.4, 0.5) is 15.9 Å². The number of nitro groups is 1. The van der Waals surface area contributed by atoms with Crippen LogP contribution in [0, 0.1) is 15.9 Å². The molecule has 0 aliphatic heterocycles. The van der Waals surface area contributed by atoms with E-state index in [4.69, 9.17) is 5.41 Å². The molecule has 19 heavy (non-hydrogen) atoms. The van der Waals surface area contributed by atoms with E-state index in [-0.39, 0.29) is 40.6 Å². The summed E-state index contributed by atoms with van der Waals surface area (Å²) in [5.41, 5.74) is -1.61. The van der Waals surface area contributed by atoms with Crippen LogP contribution < -0.4 is 35.1 Å². The van der Waals surface area contributed by atoms with E-state index in [2.05, 4.69) is 15.0 Å². The van der Waals surface area contributed by atoms with Crippen LogP contribution in [0.5, 0.6) is 0 Å². The number of nitrogens with one attached hydrogen (secondary N) is 1. The molecule has 90 valence electrons. The second kappa shape index (κ2) is 5.81. The molecule has 2 aromatic rings. The van der Waals surface area contributed by atoms with Gasteiger partial charge < -0.3 is 15.4 Å². The Morgan fingerprint density at radius 3 is 2.79 bits per heavy atom. The van der Waals surface area contributed by atoms with Crippen LogP contribution in [-0.2, 0) is 0 Å². The maximum Gasteiger partial charge on any atom is 1.00 e. The van der Waals surface area contributed by atoms with Crippen LogP contribution in [0.1, 0.15) is 0 Å². The Balaban J connectivity index is 0.00000180. The average Bonchev–Trinajstić information content (AvgIpc) is 2.30. The number of aromatic amines is 1. The largest absolute Gasteiger partial charge is 1.00 e. The summed E-state index contributed by atoms with van der Waals surface area (Å²) in [5, 5.41) is 18.8. The minimum Gasteiger partial charge on any atom is -0.422 e. The van der Waals surface area contributed by atoms with Crippen molar-refractivity contribution in [1.29, 1.82) is 0 Å². The van der Waals surface area contributed by atoms with Gasteiger partial charge in [-0.1, -0.05) is 0 Å². The second-order valence-electron chi connectivity index (χ2n) is 3.18. The van der Waals surface area contributed by atoms with Gasteiger partial charge in [0.25, 0.3) is 5.56 Å². The Morgan fingerprint density at radius 1 is 1.53 bits per heavy atom. The van der Waals surface area contributed by atoms with E-state index >= 15 is 0 Å². The van der Waals surface area contributed by atoms with Crippen LogP contribution >= 0.6 is 0 Å². The summed E-state index contributed by atoms with van der Waals surface area (Å²) in [4.78, 5) is 30.0. The summed E-state index contributed by atoms with van der Waals surface area (Å²) in [6, 6.07) is 3.02. The molecule has 1 N–H and O–H groups in total. The molecule has 0 aliphatic rings. The van der Waals surface area contributed by atoms with Crippen molar-refractivity contribution < 1.29 is 38.9 Å². The molecule has 0 radical (unpaired) electrons. The summed E-state index contributed by atoms with van der Waals surface area (Å²) in [7, 11) is 0. The van der Waals surface area contributed by atoms with E-state index in [9.17, 15) is 19.3 Å². The van der Waals surface area contributed by atoms with E-state index in [1.807, 2.05) is 0 Å². The van der Waals surface area contributed by atoms with Gasteiger partial charge in [-0.05, 0) is 0 Å². The molecule has 8 nitrogen and oxygen atoms in total. The Morgan fingerprint density at radius 2 is 2.21 bits per heavy atom. The van der Waals surface area contributed by atoms with Gasteiger partial charge in [-0.15, -0.1) is 6.01 Å². The molecule has 0 fully saturated rings. The van der Waals surface area contributed by atoms with E-state index in [0.717, 1.165) is 12.1 Å². The molecule has 0 aliphatic carbocycles. The molecule has 2 rings (SSSR count). The smallest absolute Gasteiger partial charge is 0.422 e. The molecular weight excluding hydrogens is 268 g/mol. The molecule has 0 amide bonds. The van der Waals surface area contributed by atoms with Crippen molar-refractivity contribution in [2.45, 2.75) is 0 Å². The Hall–Kier alpha value is -1.93. The molecule has 0 saturated heterocycles. The number of hydrogen-bond donors (Lipinski definition) is 1. The minimum absolute atomic E-state index is 0. The Bertz CT molecular complexity index is 768. The summed E-state index contributed by atoms with van der Waals surface area (Å²) in [5.74, 6) is -1.52. The number of nitro benzene ring substituents is 1. The standard InChI is InChI=1S/C9H3FN5O3.Na/c10-4-1-5-6(2-7(4)15(17)18)14-9(16)8(13-5)12-3-11;/h1-2H,(H,14,16);/q-1;+1. The van der Waals surface area contributed by atoms with E-state index in [1.165, 1.54) is 6.01 Å². The van der Waals surface area contributed by atoms with Crippen molar-refractivity contribution in [3.63, 3.8) is 0 Å². The van der Waals surface area contributed by atoms with Gasteiger partial charge in [-0.2, -0.15) is 4.39 Å². The zero-order valence-corrected chi connectivity index (χ0v) is 11.5. The van der Waals surface area contributed by atoms with Crippen molar-refractivity contribution in [3.8, 4) is 0 Å². The van der Waals surface area contributed by atoms with Gasteiger partial charge in [0, 0.05) is 12.1 Å². The first kappa shape index (κ1) is 15.1. The van der Waals surface area contributed by atoms with Crippen LogP contribution in [-0.4, -0.2) is 20.9 Å². The molecule has 0 atom stereocenters. The van der Waals surface area contributed by atoms with Gasteiger partial charge in [0.1, 0.15) is 5.82 Å². The summed E-state index contributed by atoms with van der Waals surface area (Å²) in [6.07, 6.45) is 0. The molecule has 1 aromatic heterocycles. The molecule has 0 unspecified atom stereocenters. The van der Waals surface area contributed by atoms with Crippen molar-refractivity contribution in [3.05, 3.63) is 43.8 Å². The second-order valence-corrected chi connectivity index (χ2v) is 3.18. The maximum absolute atomic E-state index is 13.3. The fraction of sp³-hybridized carbons (Fsp3) is 0. The first-order chi connectivity index (χ1) is 8.52. The fourth-order valence-corrected chi connectivity index (χ4v) is 1.35. The molecule has 1 aromatic carbocycles. The van der Waals surface area contributed by atoms with Crippen LogP contribution in [0.25, 0.3) is 16.4 Å². The normalized spacial score (nSPS) is 9.53. The number of nitrogens with zero attached hydrogens (tertiary/aromatic N) is 4. The SMILES string of the molecule is [N-]=C=Nc1nc2cc(F)c([N+](=O)[O-])cc2[nH]c1=O.[Na+]. The molecule has 0 spiro atoms. The van der Waals surface area contributed by atoms with Gasteiger partial charge in [-0.25, -0.2) is 4.98 Å². The zero-order chi connectivity index (χ0) is 13.3. The number of halogens is 1. The van der Waals surface area contributed by atoms with Gasteiger partial charge in [0.05, 0.1) is 16.0 Å². The summed E-state index contributed by atoms with van der Waals surface area (Å²) >= 11 is 0. The zero-order valence-electron chi connectivity index (χ0n) is 9.55. The molecule has 0 saturated carbocycles. The third-order valence-corrected chi connectivity index (χ3v) is 2.10. The third kappa shape index (κ3) is 2.91. The van der Waals surface area contributed by atoms with Crippen molar-refractivity contribution >= 4 is 28.5 Å². The van der Waals surface area contributed by atoms with Crippen LogP contribution in [0.2, 0.25) is 0 Å². The molecular formula is C9H3FN5NaO3. The first-order valence-electron chi connectivity index (χ1n) is 4.50. The quantitative estimate of drug-likeness (QED) is 0.304. The van der Waals surface area contributed by atoms with E-state index < -0.39 is 27.8 Å². The predicted octanol–water partition coefficient (Wildman–Crippen LogP) is -1.65. The Kier molecular flexibility index (Phi) is 4.62. The number of H-pyrrole nitrogens is 1. The molecule has 0 bridgehead atoms. The number of aromatic nitrogens is 2. The number of aliphatic imine (C=N–C) groups is 1. The molecule has 1 heterocycles. The topological polar surface area (TPSA) is 124 Å². The predicted molar refractivity (Wildman–Crippen MR) is 59.4 cm³/mol. The Labute approximate surface area is 126 Å². The third-order valence-electron chi connectivity index (χ3n) is 2.10. The van der Waals surface area contributed by atoms with Gasteiger partial charge in [0.15, 0.2) is 0 Å². The van der Waals surface area contributed by atoms with Gasteiger partial charge in [-0.3, -0.25) is 14.9 Å². The van der Waals surface area contributed by atoms with Crippen molar-refractivity contribution in [1.82, 2.24) is 9.97 Å². The number of hydrogen-bond acceptors (Lipinski definition) is 5. The van der Waals surface area contributed by atoms with Crippen LogP contribution in [0.3, 0.4) is 0 Å². The number of rotatable bonds is 2. The van der Waals surface area contributed by atoms with Crippen LogP contribution in [0.15, 0.2) is 21.9 Å². The number of fused-ring (bicyclic) bond motifs is 1. The average molecular weight is 271 g/mol. The van der Waals surface area contributed by atoms with Crippen molar-refractivity contribution in [2.24, 2.45) is 4.99 Å². The van der Waals surface area contributed by atoms with E-state index in [1.54, 1.807) is 0 Å². The molecule has 10 heteroatoms. The summed E-state index contributed by atoms with van der Waals surface area (Å²) in [6.45, 7) is 0. The van der Waals surface area contributed by atoms with E-state index in [0.29, 0.717) is 0 Å². The number of benzene rings is 1. The van der Waals surface area contributed by atoms with Gasteiger partial charge >= 0.3 is 35.2 Å². The van der Waals surface area contributed by atoms with Gasteiger partial charge in [0.2, 0.25) is 5.82 Å². The van der Waals surface area contributed by atoms with Crippen molar-refractivity contribution in [2.75, 3.05) is 0 Å². The summed E-state index contributed by atoms with van der Waals surface area (Å²) < 4.78 is 13.3. The fourth-order valence-electron chi connectivity index (χ4n) is 1.35. The minimum atomic E-state index is -1.09.